The van der Waals surface area contributed by atoms with Crippen molar-refractivity contribution in [2.75, 3.05) is 0 Å². The van der Waals surface area contributed by atoms with E-state index in [1.807, 2.05) is 6.07 Å². The topological polar surface area (TPSA) is 87.9 Å². The summed E-state index contributed by atoms with van der Waals surface area (Å²) < 4.78 is 22.0. The predicted octanol–water partition coefficient (Wildman–Crippen LogP) is 4.44. The van der Waals surface area contributed by atoms with Gasteiger partial charge in [0.1, 0.15) is 23.9 Å². The van der Waals surface area contributed by atoms with E-state index in [-0.39, 0.29) is 30.0 Å². The van der Waals surface area contributed by atoms with Crippen LogP contribution in [0, 0.1) is 0 Å². The van der Waals surface area contributed by atoms with Gasteiger partial charge < -0.3 is 18.6 Å². The molecule has 0 fully saturated rings. The van der Waals surface area contributed by atoms with Crippen molar-refractivity contribution < 1.29 is 28.2 Å². The lowest BCUT2D eigenvalue weighted by atomic mass is 10.1. The minimum Gasteiger partial charge on any atom is -0.486 e. The number of ketones is 1. The maximum atomic E-state index is 12.5. The number of allylic oxidation sites excluding steroid dienone is 1. The van der Waals surface area contributed by atoms with Crippen molar-refractivity contribution in [2.24, 2.45) is 0 Å². The first kappa shape index (κ1) is 19.4. The number of hydrogen-bond acceptors (Lipinski definition) is 7. The van der Waals surface area contributed by atoms with E-state index in [1.165, 1.54) is 0 Å². The van der Waals surface area contributed by atoms with Gasteiger partial charge in [-0.05, 0) is 55.8 Å². The second-order valence-electron chi connectivity index (χ2n) is 6.89. The fourth-order valence-corrected chi connectivity index (χ4v) is 2.86. The molecule has 1 aliphatic rings. The van der Waals surface area contributed by atoms with Gasteiger partial charge in [-0.25, -0.2) is 4.79 Å². The number of fused-ring (bicyclic) bond motifs is 1. The second-order valence-corrected chi connectivity index (χ2v) is 6.89. The standard InChI is InChI=1S/C23H19NO6/c1-14(2)28-23(26)19-8-6-17(29-19)13-27-16-5-7-18-20(11-16)30-21(22(18)25)10-15-4-3-9-24-12-15/h3-12,14H,13H2,1-2H3/b21-10-. The molecule has 3 aromatic rings. The Labute approximate surface area is 172 Å². The fraction of sp³-hybridized carbons (Fsp3) is 0.174. The summed E-state index contributed by atoms with van der Waals surface area (Å²) in [6, 6.07) is 11.8. The van der Waals surface area contributed by atoms with E-state index < -0.39 is 5.97 Å². The zero-order chi connectivity index (χ0) is 21.1. The van der Waals surface area contributed by atoms with Crippen molar-refractivity contribution in [1.82, 2.24) is 4.98 Å². The average molecular weight is 405 g/mol. The highest BCUT2D eigenvalue weighted by Crippen LogP contribution is 2.35. The molecule has 1 aromatic carbocycles. The van der Waals surface area contributed by atoms with Crippen LogP contribution in [0.1, 0.15) is 46.1 Å². The molecule has 30 heavy (non-hydrogen) atoms. The summed E-state index contributed by atoms with van der Waals surface area (Å²) in [5, 5.41) is 0. The first-order valence-corrected chi connectivity index (χ1v) is 9.40. The van der Waals surface area contributed by atoms with E-state index in [0.29, 0.717) is 22.8 Å². The van der Waals surface area contributed by atoms with Crippen LogP contribution in [0.4, 0.5) is 0 Å². The van der Waals surface area contributed by atoms with Crippen LogP contribution in [0.25, 0.3) is 6.08 Å². The maximum Gasteiger partial charge on any atom is 0.374 e. The van der Waals surface area contributed by atoms with Crippen LogP contribution in [-0.2, 0) is 11.3 Å². The van der Waals surface area contributed by atoms with E-state index >= 15 is 0 Å². The van der Waals surface area contributed by atoms with Gasteiger partial charge in [0.25, 0.3) is 0 Å². The Morgan fingerprint density at radius 1 is 1.20 bits per heavy atom. The van der Waals surface area contributed by atoms with Crippen molar-refractivity contribution >= 4 is 17.8 Å². The number of rotatable bonds is 6. The number of hydrogen-bond donors (Lipinski definition) is 0. The van der Waals surface area contributed by atoms with Crippen molar-refractivity contribution in [1.29, 1.82) is 0 Å². The van der Waals surface area contributed by atoms with Gasteiger partial charge in [0.05, 0.1) is 11.7 Å². The predicted molar refractivity (Wildman–Crippen MR) is 107 cm³/mol. The third-order valence-electron chi connectivity index (χ3n) is 4.21. The van der Waals surface area contributed by atoms with Crippen LogP contribution in [0.3, 0.4) is 0 Å². The molecule has 0 N–H and O–H groups in total. The van der Waals surface area contributed by atoms with E-state index in [2.05, 4.69) is 4.98 Å². The summed E-state index contributed by atoms with van der Waals surface area (Å²) in [6.45, 7) is 3.64. The lowest BCUT2D eigenvalue weighted by Crippen LogP contribution is -2.10. The third-order valence-corrected chi connectivity index (χ3v) is 4.21. The summed E-state index contributed by atoms with van der Waals surface area (Å²) in [5.41, 5.74) is 1.24. The van der Waals surface area contributed by atoms with Gasteiger partial charge in [-0.15, -0.1) is 0 Å². The fourth-order valence-electron chi connectivity index (χ4n) is 2.86. The van der Waals surface area contributed by atoms with Gasteiger partial charge >= 0.3 is 5.97 Å². The molecule has 0 unspecified atom stereocenters. The molecule has 0 bridgehead atoms. The van der Waals surface area contributed by atoms with Crippen LogP contribution in [0.2, 0.25) is 0 Å². The minimum atomic E-state index is -0.520. The largest absolute Gasteiger partial charge is 0.486 e. The van der Waals surface area contributed by atoms with Gasteiger partial charge in [-0.2, -0.15) is 0 Å². The number of benzene rings is 1. The van der Waals surface area contributed by atoms with Gasteiger partial charge in [0.15, 0.2) is 5.76 Å². The molecule has 7 heteroatoms. The van der Waals surface area contributed by atoms with Crippen molar-refractivity contribution in [3.8, 4) is 11.5 Å². The molecule has 0 saturated carbocycles. The van der Waals surface area contributed by atoms with E-state index in [9.17, 15) is 9.59 Å². The van der Waals surface area contributed by atoms with Crippen LogP contribution >= 0.6 is 0 Å². The Balaban J connectivity index is 1.42. The lowest BCUT2D eigenvalue weighted by Gasteiger charge is -2.06. The molecular weight excluding hydrogens is 386 g/mol. The van der Waals surface area contributed by atoms with Gasteiger partial charge in [-0.3, -0.25) is 9.78 Å². The number of ether oxygens (including phenoxy) is 3. The lowest BCUT2D eigenvalue weighted by molar-refractivity contribution is 0.0337. The Hall–Kier alpha value is -3.87. The molecule has 0 saturated heterocycles. The van der Waals surface area contributed by atoms with Crippen molar-refractivity contribution in [3.05, 3.63) is 83.3 Å². The maximum absolute atomic E-state index is 12.5. The molecule has 0 spiro atoms. The molecular formula is C23H19NO6. The Bertz CT molecular complexity index is 1110. The van der Waals surface area contributed by atoms with Crippen LogP contribution in [0.5, 0.6) is 11.5 Å². The van der Waals surface area contributed by atoms with Crippen LogP contribution in [0.15, 0.2) is 65.0 Å². The number of furan rings is 1. The van der Waals surface area contributed by atoms with Gasteiger partial charge in [0, 0.05) is 18.5 Å². The SMILES string of the molecule is CC(C)OC(=O)c1ccc(COc2ccc3c(c2)O/C(=C\c2cccnc2)C3=O)o1. The Morgan fingerprint density at radius 3 is 2.83 bits per heavy atom. The minimum absolute atomic E-state index is 0.111. The highest BCUT2D eigenvalue weighted by atomic mass is 16.6. The summed E-state index contributed by atoms with van der Waals surface area (Å²) in [7, 11) is 0. The highest BCUT2D eigenvalue weighted by molar-refractivity contribution is 6.14. The number of nitrogens with zero attached hydrogens (tertiary/aromatic N) is 1. The summed E-state index contributed by atoms with van der Waals surface area (Å²) in [6.07, 6.45) is 4.73. The van der Waals surface area contributed by atoms with E-state index in [4.69, 9.17) is 18.6 Å². The molecule has 152 valence electrons. The number of carbonyl (C=O) groups excluding carboxylic acids is 2. The summed E-state index contributed by atoms with van der Waals surface area (Å²) in [4.78, 5) is 28.4. The van der Waals surface area contributed by atoms with Gasteiger partial charge in [-0.1, -0.05) is 6.07 Å². The van der Waals surface area contributed by atoms with Crippen LogP contribution in [-0.4, -0.2) is 22.8 Å². The van der Waals surface area contributed by atoms with E-state index in [0.717, 1.165) is 5.56 Å². The smallest absolute Gasteiger partial charge is 0.374 e. The molecule has 0 radical (unpaired) electrons. The molecule has 2 aromatic heterocycles. The zero-order valence-electron chi connectivity index (χ0n) is 16.5. The molecule has 0 atom stereocenters. The first-order valence-electron chi connectivity index (χ1n) is 9.40. The summed E-state index contributed by atoms with van der Waals surface area (Å²) in [5.74, 6) is 1.04. The molecule has 0 aliphatic carbocycles. The monoisotopic (exact) mass is 405 g/mol. The average Bonchev–Trinajstić information content (AvgIpc) is 3.32. The quantitative estimate of drug-likeness (QED) is 0.443. The van der Waals surface area contributed by atoms with Crippen molar-refractivity contribution in [3.63, 3.8) is 0 Å². The zero-order valence-corrected chi connectivity index (χ0v) is 16.5. The molecule has 7 nitrogen and oxygen atoms in total. The van der Waals surface area contributed by atoms with Gasteiger partial charge in [0.2, 0.25) is 11.5 Å². The second kappa shape index (κ2) is 8.24. The number of pyridine rings is 1. The normalized spacial score (nSPS) is 14.0. The summed E-state index contributed by atoms with van der Waals surface area (Å²) >= 11 is 0. The van der Waals surface area contributed by atoms with Crippen molar-refractivity contribution in [2.45, 2.75) is 26.6 Å². The Kier molecular flexibility index (Phi) is 5.34. The number of Topliss-reactive ketones (excluding diaryl/α,β-unsaturated/α-hetero) is 1. The number of carbonyl (C=O) groups is 2. The molecule has 3 heterocycles. The molecule has 0 amide bonds. The molecule has 1 aliphatic heterocycles. The van der Waals surface area contributed by atoms with Crippen LogP contribution < -0.4 is 9.47 Å². The number of aromatic nitrogens is 1. The van der Waals surface area contributed by atoms with E-state index in [1.54, 1.807) is 68.7 Å². The number of esters is 1. The highest BCUT2D eigenvalue weighted by Gasteiger charge is 2.27. The Morgan fingerprint density at radius 2 is 2.07 bits per heavy atom. The third kappa shape index (κ3) is 4.25. The first-order chi connectivity index (χ1) is 14.5. The molecule has 4 rings (SSSR count).